The molecular formula is C18H30IN5O2S. The number of hydrogen-bond acceptors (Lipinski definition) is 3. The molecule has 0 amide bonds. The van der Waals surface area contributed by atoms with Crippen molar-refractivity contribution in [2.75, 3.05) is 26.4 Å². The van der Waals surface area contributed by atoms with Gasteiger partial charge in [-0.25, -0.2) is 13.1 Å². The fourth-order valence-electron chi connectivity index (χ4n) is 2.86. The molecule has 9 heteroatoms. The van der Waals surface area contributed by atoms with Crippen LogP contribution >= 0.6 is 24.0 Å². The maximum Gasteiger partial charge on any atom is 0.209 e. The standard InChI is InChI=1S/C18H29N5O2S.HI/c1-18(2,22-26(4,24)25)14-21-17(19-3)20-11-7-12-23-13-10-15-8-5-6-9-16(15)23;/h5-6,8-10,13,22H,7,11-12,14H2,1-4H3,(H2,19,20,21);1H. The molecule has 1 aromatic heterocycles. The van der Waals surface area contributed by atoms with Crippen molar-refractivity contribution in [1.29, 1.82) is 0 Å². The smallest absolute Gasteiger partial charge is 0.209 e. The first-order chi connectivity index (χ1) is 12.2. The van der Waals surface area contributed by atoms with Gasteiger partial charge < -0.3 is 15.2 Å². The maximum absolute atomic E-state index is 11.4. The van der Waals surface area contributed by atoms with E-state index < -0.39 is 15.6 Å². The molecule has 0 aliphatic rings. The average Bonchev–Trinajstić information content (AvgIpc) is 2.95. The zero-order chi connectivity index (χ0) is 19.2. The van der Waals surface area contributed by atoms with Gasteiger partial charge in [-0.3, -0.25) is 4.99 Å². The zero-order valence-corrected chi connectivity index (χ0v) is 19.5. The number of para-hydroxylation sites is 1. The summed E-state index contributed by atoms with van der Waals surface area (Å²) >= 11 is 0. The van der Waals surface area contributed by atoms with Crippen LogP contribution in [0.4, 0.5) is 0 Å². The molecule has 27 heavy (non-hydrogen) atoms. The van der Waals surface area contributed by atoms with Gasteiger partial charge in [0.25, 0.3) is 0 Å². The van der Waals surface area contributed by atoms with E-state index in [4.69, 9.17) is 0 Å². The normalized spacial score (nSPS) is 12.7. The highest BCUT2D eigenvalue weighted by Crippen LogP contribution is 2.15. The number of aliphatic imine (C=N–C) groups is 1. The van der Waals surface area contributed by atoms with E-state index in [0.29, 0.717) is 12.5 Å². The molecule has 0 radical (unpaired) electrons. The summed E-state index contributed by atoms with van der Waals surface area (Å²) < 4.78 is 27.6. The Morgan fingerprint density at radius 3 is 2.56 bits per heavy atom. The van der Waals surface area contributed by atoms with Crippen molar-refractivity contribution in [2.24, 2.45) is 4.99 Å². The minimum atomic E-state index is -3.25. The van der Waals surface area contributed by atoms with Gasteiger partial charge in [0.05, 0.1) is 6.26 Å². The number of nitrogens with zero attached hydrogens (tertiary/aromatic N) is 2. The van der Waals surface area contributed by atoms with Crippen LogP contribution in [0.25, 0.3) is 10.9 Å². The van der Waals surface area contributed by atoms with Gasteiger partial charge in [-0.1, -0.05) is 18.2 Å². The summed E-state index contributed by atoms with van der Waals surface area (Å²) in [6, 6.07) is 10.5. The van der Waals surface area contributed by atoms with Crippen LogP contribution in [0.3, 0.4) is 0 Å². The quantitative estimate of drug-likeness (QED) is 0.221. The third kappa shape index (κ3) is 8.06. The van der Waals surface area contributed by atoms with E-state index in [-0.39, 0.29) is 24.0 Å². The monoisotopic (exact) mass is 507 g/mol. The Morgan fingerprint density at radius 1 is 1.19 bits per heavy atom. The topological polar surface area (TPSA) is 87.5 Å². The highest BCUT2D eigenvalue weighted by molar-refractivity contribution is 14.0. The number of halogens is 1. The summed E-state index contributed by atoms with van der Waals surface area (Å²) in [6.45, 7) is 5.77. The number of fused-ring (bicyclic) bond motifs is 1. The molecule has 0 atom stereocenters. The number of guanidine groups is 1. The molecule has 152 valence electrons. The number of sulfonamides is 1. The van der Waals surface area contributed by atoms with Gasteiger partial charge in [-0.2, -0.15) is 0 Å². The molecular weight excluding hydrogens is 477 g/mol. The molecule has 0 fully saturated rings. The Labute approximate surface area is 179 Å². The second-order valence-corrected chi connectivity index (χ2v) is 8.78. The van der Waals surface area contributed by atoms with Crippen molar-refractivity contribution in [2.45, 2.75) is 32.4 Å². The lowest BCUT2D eigenvalue weighted by Crippen LogP contribution is -2.53. The third-order valence-corrected chi connectivity index (χ3v) is 4.85. The molecule has 2 aromatic rings. The number of rotatable bonds is 8. The first kappa shape index (κ1) is 23.7. The van der Waals surface area contributed by atoms with Crippen molar-refractivity contribution < 1.29 is 8.42 Å². The molecule has 7 nitrogen and oxygen atoms in total. The van der Waals surface area contributed by atoms with Crippen molar-refractivity contribution in [3.8, 4) is 0 Å². The molecule has 0 spiro atoms. The summed E-state index contributed by atoms with van der Waals surface area (Å²) in [4.78, 5) is 4.18. The molecule has 0 bridgehead atoms. The molecule has 0 saturated carbocycles. The van der Waals surface area contributed by atoms with Crippen LogP contribution in [0.2, 0.25) is 0 Å². The molecule has 0 aliphatic heterocycles. The Balaban J connectivity index is 0.00000364. The fraction of sp³-hybridized carbons (Fsp3) is 0.500. The molecule has 0 saturated heterocycles. The summed E-state index contributed by atoms with van der Waals surface area (Å²) in [7, 11) is -1.55. The predicted octanol–water partition coefficient (Wildman–Crippen LogP) is 2.14. The molecule has 1 heterocycles. The highest BCUT2D eigenvalue weighted by atomic mass is 127. The number of aromatic nitrogens is 1. The SMILES string of the molecule is CN=C(NCCCn1ccc2ccccc21)NCC(C)(C)NS(C)(=O)=O.I. The van der Waals surface area contributed by atoms with Crippen LogP contribution in [-0.4, -0.2) is 50.9 Å². The first-order valence-electron chi connectivity index (χ1n) is 8.67. The van der Waals surface area contributed by atoms with Crippen LogP contribution in [-0.2, 0) is 16.6 Å². The molecule has 0 aliphatic carbocycles. The van der Waals surface area contributed by atoms with E-state index in [0.717, 1.165) is 25.8 Å². The second-order valence-electron chi connectivity index (χ2n) is 7.03. The van der Waals surface area contributed by atoms with Crippen LogP contribution in [0.1, 0.15) is 20.3 Å². The molecule has 3 N–H and O–H groups in total. The predicted molar refractivity (Wildman–Crippen MR) is 123 cm³/mol. The van der Waals surface area contributed by atoms with Gasteiger partial charge >= 0.3 is 0 Å². The second kappa shape index (κ2) is 10.3. The Kier molecular flexibility index (Phi) is 9.03. The van der Waals surface area contributed by atoms with E-state index in [2.05, 4.69) is 55.4 Å². The average molecular weight is 507 g/mol. The van der Waals surface area contributed by atoms with Gasteiger partial charge in [-0.15, -0.1) is 24.0 Å². The number of nitrogens with one attached hydrogen (secondary N) is 3. The molecule has 0 unspecified atom stereocenters. The van der Waals surface area contributed by atoms with Crippen molar-refractivity contribution in [3.63, 3.8) is 0 Å². The molecule has 1 aromatic carbocycles. The third-order valence-electron chi connectivity index (χ3n) is 3.93. The van der Waals surface area contributed by atoms with E-state index in [9.17, 15) is 8.42 Å². The van der Waals surface area contributed by atoms with Crippen LogP contribution in [0, 0.1) is 0 Å². The number of aryl methyl sites for hydroxylation is 1. The van der Waals surface area contributed by atoms with Crippen molar-refractivity contribution >= 4 is 50.9 Å². The van der Waals surface area contributed by atoms with E-state index in [1.165, 1.54) is 10.9 Å². The minimum Gasteiger partial charge on any atom is -0.356 e. The summed E-state index contributed by atoms with van der Waals surface area (Å²) in [5.41, 5.74) is 0.638. The van der Waals surface area contributed by atoms with Crippen molar-refractivity contribution in [3.05, 3.63) is 36.5 Å². The van der Waals surface area contributed by atoms with Gasteiger partial charge in [0, 0.05) is 43.9 Å². The van der Waals surface area contributed by atoms with Gasteiger partial charge in [0.15, 0.2) is 5.96 Å². The van der Waals surface area contributed by atoms with Crippen LogP contribution in [0.15, 0.2) is 41.5 Å². The summed E-state index contributed by atoms with van der Waals surface area (Å²) in [5.74, 6) is 0.658. The lowest BCUT2D eigenvalue weighted by molar-refractivity contribution is 0.446. The lowest BCUT2D eigenvalue weighted by Gasteiger charge is -2.26. The Bertz CT molecular complexity index is 862. The maximum atomic E-state index is 11.4. The van der Waals surface area contributed by atoms with Gasteiger partial charge in [0.1, 0.15) is 0 Å². The van der Waals surface area contributed by atoms with Crippen molar-refractivity contribution in [1.82, 2.24) is 19.9 Å². The van der Waals surface area contributed by atoms with Gasteiger partial charge in [0.2, 0.25) is 10.0 Å². The Hall–Kier alpha value is -1.33. The zero-order valence-electron chi connectivity index (χ0n) is 16.3. The number of hydrogen-bond donors (Lipinski definition) is 3. The van der Waals surface area contributed by atoms with Crippen LogP contribution < -0.4 is 15.4 Å². The summed E-state index contributed by atoms with van der Waals surface area (Å²) in [5, 5.41) is 7.67. The van der Waals surface area contributed by atoms with Gasteiger partial charge in [-0.05, 0) is 37.8 Å². The largest absolute Gasteiger partial charge is 0.356 e. The fourth-order valence-corrected chi connectivity index (χ4v) is 3.93. The summed E-state index contributed by atoms with van der Waals surface area (Å²) in [6.07, 6.45) is 4.22. The molecule has 2 rings (SSSR count). The lowest BCUT2D eigenvalue weighted by atomic mass is 10.1. The van der Waals surface area contributed by atoms with E-state index in [1.807, 2.05) is 19.9 Å². The first-order valence-corrected chi connectivity index (χ1v) is 10.6. The van der Waals surface area contributed by atoms with E-state index in [1.54, 1.807) is 7.05 Å². The van der Waals surface area contributed by atoms with Crippen LogP contribution in [0.5, 0.6) is 0 Å². The van der Waals surface area contributed by atoms with E-state index >= 15 is 0 Å². The Morgan fingerprint density at radius 2 is 1.89 bits per heavy atom. The minimum absolute atomic E-state index is 0. The highest BCUT2D eigenvalue weighted by Gasteiger charge is 2.22. The number of benzene rings is 1.